The first kappa shape index (κ1) is 13.0. The Morgan fingerprint density at radius 3 is 2.62 bits per heavy atom. The zero-order chi connectivity index (χ0) is 12.0. The van der Waals surface area contributed by atoms with Gasteiger partial charge in [-0.15, -0.1) is 0 Å². The number of aliphatic hydroxyl groups is 1. The average Bonchev–Trinajstić information content (AvgIpc) is 2.21. The van der Waals surface area contributed by atoms with Gasteiger partial charge >= 0.3 is 0 Å². The molecular formula is C12H16ClNO2. The van der Waals surface area contributed by atoms with Crippen molar-refractivity contribution in [2.75, 3.05) is 6.54 Å². The van der Waals surface area contributed by atoms with Gasteiger partial charge in [-0.3, -0.25) is 4.79 Å². The summed E-state index contributed by atoms with van der Waals surface area (Å²) in [6.07, 6.45) is 0.541. The van der Waals surface area contributed by atoms with Crippen LogP contribution >= 0.6 is 11.6 Å². The quantitative estimate of drug-likeness (QED) is 0.826. The number of halogens is 1. The zero-order valence-electron chi connectivity index (χ0n) is 9.24. The zero-order valence-corrected chi connectivity index (χ0v) is 10.00. The number of hydrogen-bond donors (Lipinski definition) is 2. The topological polar surface area (TPSA) is 49.3 Å². The molecule has 0 aromatic heterocycles. The lowest BCUT2D eigenvalue weighted by Crippen LogP contribution is -2.27. The van der Waals surface area contributed by atoms with Crippen molar-refractivity contribution in [3.63, 3.8) is 0 Å². The molecule has 0 fully saturated rings. The van der Waals surface area contributed by atoms with Gasteiger partial charge in [0, 0.05) is 11.6 Å². The number of nitrogens with one attached hydrogen (secondary N) is 1. The van der Waals surface area contributed by atoms with Crippen molar-refractivity contribution >= 4 is 17.5 Å². The molecule has 1 aromatic carbocycles. The van der Waals surface area contributed by atoms with Crippen LogP contribution in [0.5, 0.6) is 0 Å². The Kier molecular flexibility index (Phi) is 5.29. The molecule has 2 N–H and O–H groups in total. The van der Waals surface area contributed by atoms with Crippen LogP contribution in [0.15, 0.2) is 24.3 Å². The Morgan fingerprint density at radius 1 is 1.44 bits per heavy atom. The largest absolute Gasteiger partial charge is 0.393 e. The summed E-state index contributed by atoms with van der Waals surface area (Å²) in [5.74, 6) is -0.0389. The van der Waals surface area contributed by atoms with E-state index in [0.29, 0.717) is 24.4 Å². The van der Waals surface area contributed by atoms with E-state index in [0.717, 1.165) is 5.56 Å². The molecule has 0 bridgehead atoms. The normalized spacial score (nSPS) is 12.2. The Hall–Kier alpha value is -1.06. The van der Waals surface area contributed by atoms with Gasteiger partial charge in [-0.25, -0.2) is 0 Å². The molecule has 0 aliphatic heterocycles. The Labute approximate surface area is 100 Å². The second-order valence-corrected chi connectivity index (χ2v) is 4.23. The second-order valence-electron chi connectivity index (χ2n) is 3.79. The number of carbonyl (C=O) groups is 1. The van der Waals surface area contributed by atoms with E-state index in [9.17, 15) is 4.79 Å². The van der Waals surface area contributed by atoms with Crippen LogP contribution < -0.4 is 5.32 Å². The molecule has 16 heavy (non-hydrogen) atoms. The van der Waals surface area contributed by atoms with E-state index in [4.69, 9.17) is 16.7 Å². The molecule has 1 rings (SSSR count). The number of carbonyl (C=O) groups excluding carboxylic acids is 1. The van der Waals surface area contributed by atoms with Gasteiger partial charge in [0.05, 0.1) is 12.5 Å². The highest BCUT2D eigenvalue weighted by Gasteiger charge is 2.03. The number of benzene rings is 1. The smallest absolute Gasteiger partial charge is 0.224 e. The second kappa shape index (κ2) is 6.51. The van der Waals surface area contributed by atoms with Gasteiger partial charge in [0.15, 0.2) is 0 Å². The monoisotopic (exact) mass is 241 g/mol. The molecule has 4 heteroatoms. The molecule has 88 valence electrons. The number of aliphatic hydroxyl groups excluding tert-OH is 1. The molecule has 0 aliphatic rings. The van der Waals surface area contributed by atoms with Gasteiger partial charge in [0.2, 0.25) is 5.91 Å². The molecule has 1 aromatic rings. The van der Waals surface area contributed by atoms with Crippen LogP contribution in [-0.2, 0) is 11.2 Å². The van der Waals surface area contributed by atoms with Crippen LogP contribution in [0.1, 0.15) is 18.9 Å². The maximum absolute atomic E-state index is 11.5. The molecule has 0 radical (unpaired) electrons. The van der Waals surface area contributed by atoms with Crippen LogP contribution in [0.2, 0.25) is 5.02 Å². The van der Waals surface area contributed by atoms with Gasteiger partial charge in [0.1, 0.15) is 0 Å². The van der Waals surface area contributed by atoms with Gasteiger partial charge in [-0.05, 0) is 31.0 Å². The predicted octanol–water partition coefficient (Wildman–Crippen LogP) is 1.77. The van der Waals surface area contributed by atoms with E-state index >= 15 is 0 Å². The highest BCUT2D eigenvalue weighted by atomic mass is 35.5. The summed E-state index contributed by atoms with van der Waals surface area (Å²) in [7, 11) is 0. The predicted molar refractivity (Wildman–Crippen MR) is 64.5 cm³/mol. The van der Waals surface area contributed by atoms with E-state index in [1.54, 1.807) is 19.1 Å². The van der Waals surface area contributed by atoms with Crippen molar-refractivity contribution in [2.24, 2.45) is 0 Å². The molecule has 0 aliphatic carbocycles. The highest BCUT2D eigenvalue weighted by molar-refractivity contribution is 6.30. The Morgan fingerprint density at radius 2 is 2.06 bits per heavy atom. The number of rotatable bonds is 5. The fourth-order valence-corrected chi connectivity index (χ4v) is 1.40. The minimum Gasteiger partial charge on any atom is -0.393 e. The maximum atomic E-state index is 11.5. The van der Waals surface area contributed by atoms with Crippen LogP contribution in [0.25, 0.3) is 0 Å². The van der Waals surface area contributed by atoms with Gasteiger partial charge < -0.3 is 10.4 Å². The van der Waals surface area contributed by atoms with Crippen LogP contribution in [0, 0.1) is 0 Å². The standard InChI is InChI=1S/C12H16ClNO2/c1-9(15)6-7-14-12(16)8-10-2-4-11(13)5-3-10/h2-5,9,15H,6-8H2,1H3,(H,14,16). The summed E-state index contributed by atoms with van der Waals surface area (Å²) in [5, 5.41) is 12.4. The van der Waals surface area contributed by atoms with Gasteiger partial charge in [0.25, 0.3) is 0 Å². The summed E-state index contributed by atoms with van der Waals surface area (Å²) >= 11 is 5.74. The highest BCUT2D eigenvalue weighted by Crippen LogP contribution is 2.09. The SMILES string of the molecule is CC(O)CCNC(=O)Cc1ccc(Cl)cc1. The van der Waals surface area contributed by atoms with Gasteiger partial charge in [-0.1, -0.05) is 23.7 Å². The minimum absolute atomic E-state index is 0.0389. The van der Waals surface area contributed by atoms with Crippen LogP contribution in [0.3, 0.4) is 0 Å². The van der Waals surface area contributed by atoms with Crippen molar-refractivity contribution in [2.45, 2.75) is 25.9 Å². The number of amides is 1. The summed E-state index contributed by atoms with van der Waals surface area (Å²) < 4.78 is 0. The molecule has 1 unspecified atom stereocenters. The molecule has 3 nitrogen and oxygen atoms in total. The number of hydrogen-bond acceptors (Lipinski definition) is 2. The first-order chi connectivity index (χ1) is 7.58. The van der Waals surface area contributed by atoms with Crippen molar-refractivity contribution in [3.05, 3.63) is 34.9 Å². The van der Waals surface area contributed by atoms with Crippen molar-refractivity contribution in [3.8, 4) is 0 Å². The third kappa shape index (κ3) is 5.14. The first-order valence-electron chi connectivity index (χ1n) is 5.27. The minimum atomic E-state index is -0.379. The lowest BCUT2D eigenvalue weighted by molar-refractivity contribution is -0.120. The van der Waals surface area contributed by atoms with Crippen molar-refractivity contribution in [1.82, 2.24) is 5.32 Å². The van der Waals surface area contributed by atoms with Crippen molar-refractivity contribution in [1.29, 1.82) is 0 Å². The summed E-state index contributed by atoms with van der Waals surface area (Å²) in [6, 6.07) is 7.19. The first-order valence-corrected chi connectivity index (χ1v) is 5.65. The Balaban J connectivity index is 2.31. The fraction of sp³-hybridized carbons (Fsp3) is 0.417. The molecule has 1 atom stereocenters. The lowest BCUT2D eigenvalue weighted by atomic mass is 10.1. The fourth-order valence-electron chi connectivity index (χ4n) is 1.27. The Bertz CT molecular complexity index is 335. The van der Waals surface area contributed by atoms with E-state index in [2.05, 4.69) is 5.32 Å². The maximum Gasteiger partial charge on any atom is 0.224 e. The molecule has 1 amide bonds. The van der Waals surface area contributed by atoms with Crippen molar-refractivity contribution < 1.29 is 9.90 Å². The molecular weight excluding hydrogens is 226 g/mol. The summed E-state index contributed by atoms with van der Waals surface area (Å²) in [6.45, 7) is 2.20. The molecule has 0 saturated carbocycles. The van der Waals surface area contributed by atoms with E-state index in [1.165, 1.54) is 0 Å². The summed E-state index contributed by atoms with van der Waals surface area (Å²) in [5.41, 5.74) is 0.930. The lowest BCUT2D eigenvalue weighted by Gasteiger charge is -2.06. The third-order valence-electron chi connectivity index (χ3n) is 2.16. The van der Waals surface area contributed by atoms with Crippen LogP contribution in [0.4, 0.5) is 0 Å². The van der Waals surface area contributed by atoms with Crippen LogP contribution in [-0.4, -0.2) is 23.7 Å². The van der Waals surface area contributed by atoms with Gasteiger partial charge in [-0.2, -0.15) is 0 Å². The summed E-state index contributed by atoms with van der Waals surface area (Å²) in [4.78, 5) is 11.5. The molecule has 0 saturated heterocycles. The molecule has 0 heterocycles. The third-order valence-corrected chi connectivity index (χ3v) is 2.41. The molecule has 0 spiro atoms. The van der Waals surface area contributed by atoms with E-state index in [-0.39, 0.29) is 12.0 Å². The van der Waals surface area contributed by atoms with E-state index < -0.39 is 0 Å². The van der Waals surface area contributed by atoms with E-state index in [1.807, 2.05) is 12.1 Å². The average molecular weight is 242 g/mol.